The lowest BCUT2D eigenvalue weighted by atomic mass is 10.1. The molecule has 0 bridgehead atoms. The predicted molar refractivity (Wildman–Crippen MR) is 87.4 cm³/mol. The van der Waals surface area contributed by atoms with Crippen LogP contribution in [0.15, 0.2) is 22.7 Å². The van der Waals surface area contributed by atoms with E-state index in [1.54, 1.807) is 13.2 Å². The van der Waals surface area contributed by atoms with Gasteiger partial charge < -0.3 is 9.26 Å². The molecule has 7 nitrogen and oxygen atoms in total. The summed E-state index contributed by atoms with van der Waals surface area (Å²) < 4.78 is 10.8. The second-order valence-corrected chi connectivity index (χ2v) is 6.05. The highest BCUT2D eigenvalue weighted by atomic mass is 16.5. The molecule has 0 unspecified atom stereocenters. The van der Waals surface area contributed by atoms with Crippen molar-refractivity contribution in [2.75, 3.05) is 33.8 Å². The Hall–Kier alpha value is -2.43. The number of aromatic nitrogens is 2. The van der Waals surface area contributed by atoms with E-state index in [2.05, 4.69) is 33.1 Å². The number of rotatable bonds is 4. The first-order valence-corrected chi connectivity index (χ1v) is 7.90. The highest BCUT2D eigenvalue weighted by molar-refractivity contribution is 5.42. The van der Waals surface area contributed by atoms with Crippen molar-refractivity contribution in [2.24, 2.45) is 0 Å². The van der Waals surface area contributed by atoms with Gasteiger partial charge in [-0.15, -0.1) is 0 Å². The van der Waals surface area contributed by atoms with E-state index in [1.807, 2.05) is 19.1 Å². The zero-order valence-electron chi connectivity index (χ0n) is 14.2. The molecule has 1 aliphatic rings. The second-order valence-electron chi connectivity index (χ2n) is 6.05. The summed E-state index contributed by atoms with van der Waals surface area (Å²) in [5, 5.41) is 13.0. The molecule has 1 aromatic heterocycles. The maximum Gasteiger partial charge on any atom is 0.245 e. The van der Waals surface area contributed by atoms with Crippen molar-refractivity contribution < 1.29 is 9.26 Å². The Kier molecular flexibility index (Phi) is 4.79. The zero-order valence-corrected chi connectivity index (χ0v) is 14.2. The number of nitriles is 1. The van der Waals surface area contributed by atoms with Gasteiger partial charge in [0.25, 0.3) is 0 Å². The van der Waals surface area contributed by atoms with Gasteiger partial charge in [-0.3, -0.25) is 9.80 Å². The summed E-state index contributed by atoms with van der Waals surface area (Å²) in [4.78, 5) is 8.92. The van der Waals surface area contributed by atoms with Gasteiger partial charge in [0.2, 0.25) is 5.89 Å². The highest BCUT2D eigenvalue weighted by Gasteiger charge is 2.30. The van der Waals surface area contributed by atoms with Crippen molar-refractivity contribution in [1.29, 1.82) is 5.26 Å². The average Bonchev–Trinajstić information content (AvgIpc) is 3.02. The lowest BCUT2D eigenvalue weighted by Gasteiger charge is -2.37. The molecular weight excluding hydrogens is 306 g/mol. The van der Waals surface area contributed by atoms with Crippen molar-refractivity contribution >= 4 is 0 Å². The fourth-order valence-corrected chi connectivity index (χ4v) is 3.00. The Morgan fingerprint density at radius 2 is 2.25 bits per heavy atom. The Balaban J connectivity index is 1.77. The van der Waals surface area contributed by atoms with Crippen LogP contribution in [0.3, 0.4) is 0 Å². The molecule has 1 aliphatic heterocycles. The summed E-state index contributed by atoms with van der Waals surface area (Å²) in [5.41, 5.74) is 1.66. The van der Waals surface area contributed by atoms with Crippen LogP contribution in [-0.4, -0.2) is 53.7 Å². The van der Waals surface area contributed by atoms with Crippen molar-refractivity contribution in [1.82, 2.24) is 19.9 Å². The summed E-state index contributed by atoms with van der Waals surface area (Å²) in [5.74, 6) is 2.11. The van der Waals surface area contributed by atoms with E-state index in [-0.39, 0.29) is 6.04 Å². The molecule has 0 aliphatic carbocycles. The first-order chi connectivity index (χ1) is 11.6. The maximum atomic E-state index is 9.12. The number of ether oxygens (including phenoxy) is 1. The molecule has 0 amide bonds. The van der Waals surface area contributed by atoms with Gasteiger partial charge in [-0.25, -0.2) is 0 Å². The quantitative estimate of drug-likeness (QED) is 0.846. The van der Waals surface area contributed by atoms with Crippen molar-refractivity contribution in [2.45, 2.75) is 19.5 Å². The molecule has 7 heteroatoms. The molecule has 1 fully saturated rings. The molecule has 0 spiro atoms. The molecule has 2 aromatic rings. The van der Waals surface area contributed by atoms with Gasteiger partial charge in [0, 0.05) is 31.7 Å². The Bertz CT molecular complexity index is 752. The van der Waals surface area contributed by atoms with Crippen LogP contribution in [0.5, 0.6) is 5.75 Å². The van der Waals surface area contributed by atoms with Crippen LogP contribution in [0.4, 0.5) is 0 Å². The average molecular weight is 327 g/mol. The van der Waals surface area contributed by atoms with E-state index in [9.17, 15) is 0 Å². The van der Waals surface area contributed by atoms with Crippen LogP contribution in [0.1, 0.15) is 28.9 Å². The molecule has 0 radical (unpaired) electrons. The van der Waals surface area contributed by atoms with Crippen LogP contribution >= 0.6 is 0 Å². The number of aryl methyl sites for hydroxylation is 1. The summed E-state index contributed by atoms with van der Waals surface area (Å²) in [6.45, 7) is 5.17. The lowest BCUT2D eigenvalue weighted by molar-refractivity contribution is 0.0710. The number of hydrogen-bond acceptors (Lipinski definition) is 7. The molecule has 126 valence electrons. The summed E-state index contributed by atoms with van der Waals surface area (Å²) in [6, 6.07) is 7.77. The SMILES string of the molecule is COc1ccc(C#N)cc1CN1CCN(C)[C@H](c2nc(C)no2)C1. The van der Waals surface area contributed by atoms with E-state index < -0.39 is 0 Å². The van der Waals surface area contributed by atoms with Crippen LogP contribution in [0, 0.1) is 18.3 Å². The minimum atomic E-state index is 0.0742. The maximum absolute atomic E-state index is 9.12. The Labute approximate surface area is 141 Å². The standard InChI is InChI=1S/C17H21N5O2/c1-12-19-17(24-20-12)15-11-22(7-6-21(15)2)10-14-8-13(9-18)4-5-16(14)23-3/h4-5,8,15H,6-7,10-11H2,1-3H3/t15-/m0/s1. The van der Waals surface area contributed by atoms with Gasteiger partial charge in [-0.2, -0.15) is 10.2 Å². The smallest absolute Gasteiger partial charge is 0.245 e. The number of piperazine rings is 1. The molecule has 0 saturated carbocycles. The third kappa shape index (κ3) is 3.40. The number of methoxy groups -OCH3 is 1. The van der Waals surface area contributed by atoms with Gasteiger partial charge in [0.15, 0.2) is 5.82 Å². The van der Waals surface area contributed by atoms with Gasteiger partial charge in [-0.1, -0.05) is 5.16 Å². The first kappa shape index (κ1) is 16.4. The summed E-state index contributed by atoms with van der Waals surface area (Å²) >= 11 is 0. The van der Waals surface area contributed by atoms with Gasteiger partial charge in [-0.05, 0) is 32.2 Å². The molecule has 1 saturated heterocycles. The molecule has 1 atom stereocenters. The van der Waals surface area contributed by atoms with E-state index in [0.29, 0.717) is 17.3 Å². The second kappa shape index (κ2) is 6.99. The Morgan fingerprint density at radius 1 is 1.42 bits per heavy atom. The van der Waals surface area contributed by atoms with Crippen LogP contribution < -0.4 is 4.74 Å². The van der Waals surface area contributed by atoms with E-state index in [1.165, 1.54) is 0 Å². The highest BCUT2D eigenvalue weighted by Crippen LogP contribution is 2.26. The van der Waals surface area contributed by atoms with Crippen molar-refractivity contribution in [3.63, 3.8) is 0 Å². The summed E-state index contributed by atoms with van der Waals surface area (Å²) in [7, 11) is 3.72. The molecule has 2 heterocycles. The largest absolute Gasteiger partial charge is 0.496 e. The first-order valence-electron chi connectivity index (χ1n) is 7.90. The molecule has 1 aromatic carbocycles. The van der Waals surface area contributed by atoms with E-state index in [4.69, 9.17) is 14.5 Å². The summed E-state index contributed by atoms with van der Waals surface area (Å²) in [6.07, 6.45) is 0. The van der Waals surface area contributed by atoms with Crippen LogP contribution in [0.25, 0.3) is 0 Å². The van der Waals surface area contributed by atoms with Crippen molar-refractivity contribution in [3.05, 3.63) is 41.0 Å². The predicted octanol–water partition coefficient (Wildman–Crippen LogP) is 1.75. The minimum Gasteiger partial charge on any atom is -0.496 e. The molecule has 24 heavy (non-hydrogen) atoms. The number of nitrogens with zero attached hydrogens (tertiary/aromatic N) is 5. The van der Waals surface area contributed by atoms with Gasteiger partial charge in [0.1, 0.15) is 11.8 Å². The van der Waals surface area contributed by atoms with Gasteiger partial charge in [0.05, 0.1) is 18.7 Å². The third-order valence-electron chi connectivity index (χ3n) is 4.36. The number of benzene rings is 1. The fraction of sp³-hybridized carbons (Fsp3) is 0.471. The topological polar surface area (TPSA) is 78.4 Å². The van der Waals surface area contributed by atoms with E-state index >= 15 is 0 Å². The third-order valence-corrected chi connectivity index (χ3v) is 4.36. The molecule has 3 rings (SSSR count). The number of likely N-dealkylation sites (N-methyl/N-ethyl adjacent to an activating group) is 1. The van der Waals surface area contributed by atoms with Gasteiger partial charge >= 0.3 is 0 Å². The normalized spacial score (nSPS) is 19.2. The lowest BCUT2D eigenvalue weighted by Crippen LogP contribution is -2.46. The van der Waals surface area contributed by atoms with Crippen LogP contribution in [-0.2, 0) is 6.54 Å². The van der Waals surface area contributed by atoms with Crippen LogP contribution in [0.2, 0.25) is 0 Å². The van der Waals surface area contributed by atoms with Crippen molar-refractivity contribution in [3.8, 4) is 11.8 Å². The van der Waals surface area contributed by atoms with E-state index in [0.717, 1.165) is 37.5 Å². The number of hydrogen-bond donors (Lipinski definition) is 0. The Morgan fingerprint density at radius 3 is 2.92 bits per heavy atom. The zero-order chi connectivity index (χ0) is 17.1. The fourth-order valence-electron chi connectivity index (χ4n) is 3.00. The molecule has 0 N–H and O–H groups in total. The monoisotopic (exact) mass is 327 g/mol. The minimum absolute atomic E-state index is 0.0742. The molecular formula is C17H21N5O2.